The van der Waals surface area contributed by atoms with Crippen molar-refractivity contribution in [3.63, 3.8) is 0 Å². The van der Waals surface area contributed by atoms with Crippen LogP contribution in [0, 0.1) is 0 Å². The number of thiophene rings is 1. The maximum atomic E-state index is 12.2. The number of rotatable bonds is 2. The van der Waals surface area contributed by atoms with Gasteiger partial charge in [0.2, 0.25) is 0 Å². The lowest BCUT2D eigenvalue weighted by atomic mass is 10.1. The first-order valence-electron chi connectivity index (χ1n) is 6.19. The van der Waals surface area contributed by atoms with E-state index in [2.05, 4.69) is 56.2 Å². The molecule has 3 rings (SSSR count). The topological polar surface area (TPSA) is 29.1 Å². The van der Waals surface area contributed by atoms with Crippen LogP contribution in [0.15, 0.2) is 33.2 Å². The molecule has 20 heavy (non-hydrogen) atoms. The van der Waals surface area contributed by atoms with Gasteiger partial charge in [-0.25, -0.2) is 0 Å². The molecule has 1 aromatic heterocycles. The average molecular weight is 413 g/mol. The van der Waals surface area contributed by atoms with Gasteiger partial charge in [0.15, 0.2) is 0 Å². The third-order valence-corrected chi connectivity index (χ3v) is 5.41. The highest BCUT2D eigenvalue weighted by molar-refractivity contribution is 9.11. The minimum absolute atomic E-state index is 0.0507. The van der Waals surface area contributed by atoms with Gasteiger partial charge in [-0.3, -0.25) is 4.79 Å². The third kappa shape index (κ3) is 2.50. The molecule has 0 atom stereocenters. The van der Waals surface area contributed by atoms with Crippen molar-refractivity contribution < 1.29 is 4.79 Å². The Morgan fingerprint density at radius 2 is 2.10 bits per heavy atom. The number of benzene rings is 1. The fraction of sp³-hybridized carbons (Fsp3) is 0.133. The molecule has 1 N–H and O–H groups in total. The molecule has 0 unspecified atom stereocenters. The van der Waals surface area contributed by atoms with Crippen molar-refractivity contribution in [2.75, 3.05) is 5.32 Å². The summed E-state index contributed by atoms with van der Waals surface area (Å²) in [6.45, 7) is 2.13. The summed E-state index contributed by atoms with van der Waals surface area (Å²) in [7, 11) is 0. The standard InChI is InChI=1S/C15H11Br2NOS/c1-2-9-3-4-10(20-9)7-12-11-5-8(16)6-13(17)14(11)18-15(12)19/h3-7H,2H2,1H3,(H,18,19). The van der Waals surface area contributed by atoms with Crippen LogP contribution in [-0.2, 0) is 11.2 Å². The van der Waals surface area contributed by atoms with Gasteiger partial charge < -0.3 is 5.32 Å². The summed E-state index contributed by atoms with van der Waals surface area (Å²) in [5.74, 6) is -0.0507. The van der Waals surface area contributed by atoms with Crippen molar-refractivity contribution in [3.05, 3.63) is 48.5 Å². The number of amides is 1. The molecule has 5 heteroatoms. The van der Waals surface area contributed by atoms with Crippen LogP contribution in [0.2, 0.25) is 0 Å². The number of nitrogens with one attached hydrogen (secondary N) is 1. The van der Waals surface area contributed by atoms with E-state index in [0.29, 0.717) is 5.57 Å². The van der Waals surface area contributed by atoms with Crippen molar-refractivity contribution in [1.82, 2.24) is 0 Å². The second-order valence-corrected chi connectivity index (χ2v) is 7.45. The Balaban J connectivity index is 2.10. The van der Waals surface area contributed by atoms with Gasteiger partial charge in [0.1, 0.15) is 0 Å². The smallest absolute Gasteiger partial charge is 0.256 e. The molecule has 2 heterocycles. The molecule has 0 spiro atoms. The molecule has 0 saturated carbocycles. The number of carbonyl (C=O) groups excluding carboxylic acids is 1. The maximum absolute atomic E-state index is 12.2. The summed E-state index contributed by atoms with van der Waals surface area (Å²) in [5.41, 5.74) is 2.49. The highest BCUT2D eigenvalue weighted by Gasteiger charge is 2.26. The SMILES string of the molecule is CCc1ccc(C=C2C(=O)Nc3c(Br)cc(Br)cc32)s1. The highest BCUT2D eigenvalue weighted by Crippen LogP contribution is 2.40. The number of carbonyl (C=O) groups is 1. The van der Waals surface area contributed by atoms with Crippen molar-refractivity contribution in [2.45, 2.75) is 13.3 Å². The Kier molecular flexibility index (Phi) is 3.84. The normalized spacial score (nSPS) is 15.6. The van der Waals surface area contributed by atoms with E-state index in [9.17, 15) is 4.79 Å². The molecule has 1 aliphatic heterocycles. The number of hydrogen-bond acceptors (Lipinski definition) is 2. The summed E-state index contributed by atoms with van der Waals surface area (Å²) in [6.07, 6.45) is 2.98. The first kappa shape index (κ1) is 14.0. The van der Waals surface area contributed by atoms with E-state index in [1.165, 1.54) is 4.88 Å². The second kappa shape index (κ2) is 5.47. The Labute approximate surface area is 138 Å². The lowest BCUT2D eigenvalue weighted by Gasteiger charge is -2.02. The van der Waals surface area contributed by atoms with E-state index in [1.807, 2.05) is 18.2 Å². The number of aryl methyl sites for hydroxylation is 1. The van der Waals surface area contributed by atoms with Crippen molar-refractivity contribution in [3.8, 4) is 0 Å². The summed E-state index contributed by atoms with van der Waals surface area (Å²) < 4.78 is 1.84. The molecular formula is C15H11Br2NOS. The van der Waals surface area contributed by atoms with Crippen LogP contribution in [0.25, 0.3) is 11.6 Å². The second-order valence-electron chi connectivity index (χ2n) is 4.48. The van der Waals surface area contributed by atoms with Crippen LogP contribution >= 0.6 is 43.2 Å². The molecule has 102 valence electrons. The predicted octanol–water partition coefficient (Wildman–Crippen LogP) is 5.33. The largest absolute Gasteiger partial charge is 0.320 e. The summed E-state index contributed by atoms with van der Waals surface area (Å²) >= 11 is 8.68. The minimum Gasteiger partial charge on any atom is -0.320 e. The molecule has 0 radical (unpaired) electrons. The first-order valence-corrected chi connectivity index (χ1v) is 8.60. The average Bonchev–Trinajstić information content (AvgIpc) is 2.97. The predicted molar refractivity (Wildman–Crippen MR) is 92.0 cm³/mol. The van der Waals surface area contributed by atoms with Crippen LogP contribution in [0.5, 0.6) is 0 Å². The number of fused-ring (bicyclic) bond motifs is 1. The monoisotopic (exact) mass is 411 g/mol. The molecule has 0 aliphatic carbocycles. The fourth-order valence-corrected chi connectivity index (χ4v) is 4.38. The molecule has 1 aliphatic rings. The molecule has 0 fully saturated rings. The van der Waals surface area contributed by atoms with Gasteiger partial charge >= 0.3 is 0 Å². The van der Waals surface area contributed by atoms with E-state index in [4.69, 9.17) is 0 Å². The Morgan fingerprint density at radius 3 is 2.80 bits per heavy atom. The van der Waals surface area contributed by atoms with E-state index in [0.717, 1.165) is 31.5 Å². The van der Waals surface area contributed by atoms with Crippen molar-refractivity contribution in [1.29, 1.82) is 0 Å². The quantitative estimate of drug-likeness (QED) is 0.663. The van der Waals surface area contributed by atoms with Crippen LogP contribution in [0.3, 0.4) is 0 Å². The fourth-order valence-electron chi connectivity index (χ4n) is 2.16. The third-order valence-electron chi connectivity index (χ3n) is 3.15. The molecular weight excluding hydrogens is 402 g/mol. The zero-order chi connectivity index (χ0) is 14.3. The van der Waals surface area contributed by atoms with Gasteiger partial charge in [-0.05, 0) is 52.7 Å². The van der Waals surface area contributed by atoms with Crippen molar-refractivity contribution in [2.24, 2.45) is 0 Å². The van der Waals surface area contributed by atoms with Crippen LogP contribution in [0.4, 0.5) is 5.69 Å². The van der Waals surface area contributed by atoms with Crippen LogP contribution in [-0.4, -0.2) is 5.91 Å². The van der Waals surface area contributed by atoms with Gasteiger partial charge in [-0.2, -0.15) is 0 Å². The lowest BCUT2D eigenvalue weighted by molar-refractivity contribution is -0.110. The number of anilines is 1. The molecule has 1 amide bonds. The van der Waals surface area contributed by atoms with Crippen LogP contribution in [0.1, 0.15) is 22.2 Å². The number of hydrogen-bond donors (Lipinski definition) is 1. The Morgan fingerprint density at radius 1 is 1.30 bits per heavy atom. The Hall–Kier alpha value is -0.910. The molecule has 0 bridgehead atoms. The van der Waals surface area contributed by atoms with Gasteiger partial charge in [0, 0.05) is 24.3 Å². The molecule has 0 saturated heterocycles. The van der Waals surface area contributed by atoms with Gasteiger partial charge in [-0.15, -0.1) is 11.3 Å². The summed E-state index contributed by atoms with van der Waals surface area (Å²) in [5, 5.41) is 2.91. The first-order chi connectivity index (χ1) is 9.58. The molecule has 2 aromatic rings. The van der Waals surface area contributed by atoms with E-state index in [-0.39, 0.29) is 5.91 Å². The van der Waals surface area contributed by atoms with Gasteiger partial charge in [0.05, 0.1) is 11.3 Å². The summed E-state index contributed by atoms with van der Waals surface area (Å²) in [4.78, 5) is 14.6. The highest BCUT2D eigenvalue weighted by atomic mass is 79.9. The Bertz CT molecular complexity index is 733. The van der Waals surface area contributed by atoms with Gasteiger partial charge in [-0.1, -0.05) is 22.9 Å². The van der Waals surface area contributed by atoms with Crippen LogP contribution < -0.4 is 5.32 Å². The van der Waals surface area contributed by atoms with Crippen molar-refractivity contribution >= 4 is 66.4 Å². The zero-order valence-corrected chi connectivity index (χ0v) is 14.7. The lowest BCUT2D eigenvalue weighted by Crippen LogP contribution is -2.03. The van der Waals surface area contributed by atoms with E-state index < -0.39 is 0 Å². The molecule has 1 aromatic carbocycles. The summed E-state index contributed by atoms with van der Waals surface area (Å²) in [6, 6.07) is 8.08. The van der Waals surface area contributed by atoms with E-state index in [1.54, 1.807) is 11.3 Å². The molecule has 2 nitrogen and oxygen atoms in total. The van der Waals surface area contributed by atoms with Gasteiger partial charge in [0.25, 0.3) is 5.91 Å². The minimum atomic E-state index is -0.0507. The zero-order valence-electron chi connectivity index (χ0n) is 10.7. The van der Waals surface area contributed by atoms with E-state index >= 15 is 0 Å². The maximum Gasteiger partial charge on any atom is 0.256 e. The number of halogens is 2.